The Labute approximate surface area is 99.4 Å². The molecule has 0 bridgehead atoms. The minimum Gasteiger partial charge on any atom is -0.491 e. The molecule has 0 aliphatic rings. The molecule has 0 aromatic heterocycles. The first kappa shape index (κ1) is 12.8. The van der Waals surface area contributed by atoms with E-state index in [0.29, 0.717) is 17.9 Å². The van der Waals surface area contributed by atoms with Gasteiger partial charge in [0.15, 0.2) is 5.96 Å². The lowest BCUT2D eigenvalue weighted by molar-refractivity contribution is 0.0996. The molecule has 1 rings (SSSR count). The number of nitrogens with two attached hydrogens (primary N) is 3. The Bertz CT molecular complexity index is 439. The number of primary amides is 1. The maximum absolute atomic E-state index is 11.2. The van der Waals surface area contributed by atoms with Crippen LogP contribution in [0, 0.1) is 6.92 Å². The number of aliphatic imine (C=N–C) groups is 1. The minimum absolute atomic E-state index is 0.00707. The van der Waals surface area contributed by atoms with E-state index < -0.39 is 5.91 Å². The number of hydrogen-bond donors (Lipinski definition) is 3. The van der Waals surface area contributed by atoms with Crippen LogP contribution in [-0.2, 0) is 0 Å². The molecule has 0 aliphatic heterocycles. The molecule has 0 saturated heterocycles. The van der Waals surface area contributed by atoms with Crippen LogP contribution in [-0.4, -0.2) is 25.0 Å². The number of carbonyl (C=O) groups is 1. The van der Waals surface area contributed by atoms with Gasteiger partial charge >= 0.3 is 0 Å². The van der Waals surface area contributed by atoms with Crippen molar-refractivity contribution in [3.8, 4) is 5.75 Å². The quantitative estimate of drug-likeness (QED) is 0.371. The number of guanidine groups is 1. The highest BCUT2D eigenvalue weighted by Crippen LogP contribution is 2.19. The van der Waals surface area contributed by atoms with Crippen molar-refractivity contribution < 1.29 is 9.53 Å². The third-order valence-electron chi connectivity index (χ3n) is 2.04. The average molecular weight is 236 g/mol. The summed E-state index contributed by atoms with van der Waals surface area (Å²) in [5, 5.41) is 0. The van der Waals surface area contributed by atoms with Gasteiger partial charge < -0.3 is 21.9 Å². The molecule has 0 radical (unpaired) electrons. The molecule has 1 aromatic carbocycles. The van der Waals surface area contributed by atoms with E-state index in [1.807, 2.05) is 13.0 Å². The van der Waals surface area contributed by atoms with E-state index >= 15 is 0 Å². The average Bonchev–Trinajstić information content (AvgIpc) is 2.25. The molecular formula is C11H16N4O2. The maximum Gasteiger partial charge on any atom is 0.252 e. The zero-order chi connectivity index (χ0) is 12.8. The van der Waals surface area contributed by atoms with Crippen molar-refractivity contribution in [3.63, 3.8) is 0 Å². The highest BCUT2D eigenvalue weighted by molar-refractivity contribution is 5.95. The van der Waals surface area contributed by atoms with Gasteiger partial charge in [-0.3, -0.25) is 9.79 Å². The lowest BCUT2D eigenvalue weighted by atomic mass is 10.1. The first-order chi connectivity index (χ1) is 8.00. The Balaban J connectivity index is 2.70. The van der Waals surface area contributed by atoms with Gasteiger partial charge in [-0.25, -0.2) is 0 Å². The predicted molar refractivity (Wildman–Crippen MR) is 65.9 cm³/mol. The number of benzene rings is 1. The van der Waals surface area contributed by atoms with E-state index in [4.69, 9.17) is 21.9 Å². The predicted octanol–water partition coefficient (Wildman–Crippen LogP) is -0.254. The standard InChI is InChI=1S/C11H16N4O2/c1-7-2-3-9(8(6-7)10(12)16)17-5-4-15-11(13)14/h2-3,6H,4-5H2,1H3,(H2,12,16)(H4,13,14,15). The lowest BCUT2D eigenvalue weighted by Crippen LogP contribution is -2.23. The van der Waals surface area contributed by atoms with Gasteiger partial charge in [-0.15, -0.1) is 0 Å². The number of aryl methyl sites for hydroxylation is 1. The van der Waals surface area contributed by atoms with Crippen LogP contribution in [0.1, 0.15) is 15.9 Å². The van der Waals surface area contributed by atoms with Gasteiger partial charge in [0.05, 0.1) is 12.1 Å². The molecule has 0 fully saturated rings. The number of carbonyl (C=O) groups excluding carboxylic acids is 1. The molecule has 17 heavy (non-hydrogen) atoms. The van der Waals surface area contributed by atoms with E-state index in [1.54, 1.807) is 12.1 Å². The van der Waals surface area contributed by atoms with Gasteiger partial charge in [0.1, 0.15) is 12.4 Å². The Morgan fingerprint density at radius 3 is 2.65 bits per heavy atom. The molecule has 0 saturated carbocycles. The second-order valence-electron chi connectivity index (χ2n) is 3.52. The summed E-state index contributed by atoms with van der Waals surface area (Å²) in [7, 11) is 0. The number of rotatable bonds is 5. The van der Waals surface area contributed by atoms with Crippen molar-refractivity contribution in [2.24, 2.45) is 22.2 Å². The summed E-state index contributed by atoms with van der Waals surface area (Å²) >= 11 is 0. The van der Waals surface area contributed by atoms with Gasteiger partial charge in [-0.1, -0.05) is 11.6 Å². The molecule has 6 nitrogen and oxygen atoms in total. The van der Waals surface area contributed by atoms with Gasteiger partial charge in [0.25, 0.3) is 5.91 Å². The third-order valence-corrected chi connectivity index (χ3v) is 2.04. The van der Waals surface area contributed by atoms with E-state index in [1.165, 1.54) is 0 Å². The number of hydrogen-bond acceptors (Lipinski definition) is 3. The molecule has 0 heterocycles. The summed E-state index contributed by atoms with van der Waals surface area (Å²) in [6.45, 7) is 2.48. The Kier molecular flexibility index (Phi) is 4.33. The summed E-state index contributed by atoms with van der Waals surface area (Å²) in [4.78, 5) is 15.0. The number of amides is 1. The van der Waals surface area contributed by atoms with E-state index in [-0.39, 0.29) is 12.6 Å². The molecule has 6 heteroatoms. The smallest absolute Gasteiger partial charge is 0.252 e. The zero-order valence-corrected chi connectivity index (χ0v) is 9.64. The first-order valence-electron chi connectivity index (χ1n) is 5.09. The van der Waals surface area contributed by atoms with Crippen LogP contribution in [0.15, 0.2) is 23.2 Å². The summed E-state index contributed by atoms with van der Waals surface area (Å²) in [6, 6.07) is 5.21. The minimum atomic E-state index is -0.523. The molecular weight excluding hydrogens is 220 g/mol. The first-order valence-corrected chi connectivity index (χ1v) is 5.09. The molecule has 92 valence electrons. The van der Waals surface area contributed by atoms with Gasteiger partial charge in [-0.05, 0) is 19.1 Å². The molecule has 0 spiro atoms. The van der Waals surface area contributed by atoms with Gasteiger partial charge in [0, 0.05) is 0 Å². The van der Waals surface area contributed by atoms with E-state index in [9.17, 15) is 4.79 Å². The zero-order valence-electron chi connectivity index (χ0n) is 9.64. The summed E-state index contributed by atoms with van der Waals surface area (Å²) in [5.41, 5.74) is 16.9. The molecule has 0 unspecified atom stereocenters. The van der Waals surface area contributed by atoms with Crippen LogP contribution in [0.4, 0.5) is 0 Å². The topological polar surface area (TPSA) is 117 Å². The van der Waals surface area contributed by atoms with Crippen molar-refractivity contribution in [1.29, 1.82) is 0 Å². The van der Waals surface area contributed by atoms with Crippen molar-refractivity contribution in [2.75, 3.05) is 13.2 Å². The normalized spacial score (nSPS) is 9.71. The second kappa shape index (κ2) is 5.74. The van der Waals surface area contributed by atoms with Gasteiger partial charge in [-0.2, -0.15) is 0 Å². The third kappa shape index (κ3) is 4.02. The Hall–Kier alpha value is -2.24. The molecule has 0 aliphatic carbocycles. The van der Waals surface area contributed by atoms with Crippen LogP contribution in [0.2, 0.25) is 0 Å². The highest BCUT2D eigenvalue weighted by Gasteiger charge is 2.09. The van der Waals surface area contributed by atoms with Gasteiger partial charge in [0.2, 0.25) is 0 Å². The SMILES string of the molecule is Cc1ccc(OCCN=C(N)N)c(C(N)=O)c1. The van der Waals surface area contributed by atoms with Crippen LogP contribution in [0.25, 0.3) is 0 Å². The largest absolute Gasteiger partial charge is 0.491 e. The second-order valence-corrected chi connectivity index (χ2v) is 3.52. The van der Waals surface area contributed by atoms with E-state index in [2.05, 4.69) is 4.99 Å². The van der Waals surface area contributed by atoms with Crippen molar-refractivity contribution in [1.82, 2.24) is 0 Å². The summed E-state index contributed by atoms with van der Waals surface area (Å²) < 4.78 is 5.38. The fourth-order valence-corrected chi connectivity index (χ4v) is 1.29. The van der Waals surface area contributed by atoms with Crippen LogP contribution in [0.3, 0.4) is 0 Å². The Morgan fingerprint density at radius 2 is 2.06 bits per heavy atom. The maximum atomic E-state index is 11.2. The van der Waals surface area contributed by atoms with Crippen molar-refractivity contribution in [3.05, 3.63) is 29.3 Å². The fraction of sp³-hybridized carbons (Fsp3) is 0.273. The molecule has 6 N–H and O–H groups in total. The number of nitrogens with zero attached hydrogens (tertiary/aromatic N) is 1. The van der Waals surface area contributed by atoms with E-state index in [0.717, 1.165) is 5.56 Å². The highest BCUT2D eigenvalue weighted by atomic mass is 16.5. The molecule has 1 aromatic rings. The monoisotopic (exact) mass is 236 g/mol. The van der Waals surface area contributed by atoms with Crippen molar-refractivity contribution >= 4 is 11.9 Å². The van der Waals surface area contributed by atoms with Crippen LogP contribution >= 0.6 is 0 Å². The molecule has 0 atom stereocenters. The van der Waals surface area contributed by atoms with Crippen LogP contribution < -0.4 is 21.9 Å². The van der Waals surface area contributed by atoms with Crippen LogP contribution in [0.5, 0.6) is 5.75 Å². The Morgan fingerprint density at radius 1 is 1.35 bits per heavy atom. The lowest BCUT2D eigenvalue weighted by Gasteiger charge is -2.09. The fourth-order valence-electron chi connectivity index (χ4n) is 1.29. The summed E-state index contributed by atoms with van der Waals surface area (Å²) in [6.07, 6.45) is 0. The van der Waals surface area contributed by atoms with Crippen molar-refractivity contribution in [2.45, 2.75) is 6.92 Å². The molecule has 1 amide bonds. The number of ether oxygens (including phenoxy) is 1. The summed E-state index contributed by atoms with van der Waals surface area (Å²) in [5.74, 6) is -0.0768.